The predicted octanol–water partition coefficient (Wildman–Crippen LogP) is 0.0454. The average Bonchev–Trinajstić information content (AvgIpc) is 2.33. The topological polar surface area (TPSA) is 32.7 Å². The van der Waals surface area contributed by atoms with Crippen LogP contribution in [0.3, 0.4) is 0 Å². The molecule has 0 amide bonds. The maximum atomic E-state index is 8.82. The van der Waals surface area contributed by atoms with E-state index in [1.54, 1.807) is 0 Å². The Labute approximate surface area is 61.6 Å². The van der Waals surface area contributed by atoms with Gasteiger partial charge in [0.15, 0.2) is 0 Å². The van der Waals surface area contributed by atoms with Gasteiger partial charge in [-0.3, -0.25) is 4.90 Å². The quantitative estimate of drug-likeness (QED) is 0.595. The Hall–Kier alpha value is -0.120. The maximum absolute atomic E-state index is 8.82. The lowest BCUT2D eigenvalue weighted by atomic mass is 10.3. The fraction of sp³-hybridized carbons (Fsp3) is 1.00. The molecule has 0 radical (unpaired) electrons. The molecule has 1 atom stereocenters. The third-order valence-electron chi connectivity index (χ3n) is 1.85. The van der Waals surface area contributed by atoms with Gasteiger partial charge < -0.3 is 9.84 Å². The van der Waals surface area contributed by atoms with Crippen molar-refractivity contribution in [3.05, 3.63) is 0 Å². The first kappa shape index (κ1) is 7.98. The highest BCUT2D eigenvalue weighted by atomic mass is 16.5. The van der Waals surface area contributed by atoms with Crippen molar-refractivity contribution >= 4 is 0 Å². The van der Waals surface area contributed by atoms with Crippen molar-refractivity contribution in [2.45, 2.75) is 26.1 Å². The summed E-state index contributed by atoms with van der Waals surface area (Å²) in [4.78, 5) is 2.15. The van der Waals surface area contributed by atoms with E-state index < -0.39 is 0 Å². The van der Waals surface area contributed by atoms with E-state index in [1.807, 2.05) is 0 Å². The van der Waals surface area contributed by atoms with Gasteiger partial charge in [-0.05, 0) is 13.8 Å². The van der Waals surface area contributed by atoms with Crippen LogP contribution in [0.1, 0.15) is 13.8 Å². The summed E-state index contributed by atoms with van der Waals surface area (Å²) in [6.45, 7) is 6.03. The van der Waals surface area contributed by atoms with Gasteiger partial charge in [0, 0.05) is 12.6 Å². The van der Waals surface area contributed by atoms with Crippen molar-refractivity contribution < 1.29 is 9.84 Å². The van der Waals surface area contributed by atoms with Crippen LogP contribution in [0.15, 0.2) is 0 Å². The monoisotopic (exact) mass is 145 g/mol. The number of hydrogen-bond acceptors (Lipinski definition) is 3. The first-order valence-corrected chi connectivity index (χ1v) is 3.74. The molecular weight excluding hydrogens is 130 g/mol. The van der Waals surface area contributed by atoms with E-state index in [0.29, 0.717) is 6.04 Å². The third kappa shape index (κ3) is 1.48. The van der Waals surface area contributed by atoms with Crippen molar-refractivity contribution in [1.29, 1.82) is 0 Å². The van der Waals surface area contributed by atoms with Gasteiger partial charge >= 0.3 is 0 Å². The van der Waals surface area contributed by atoms with Crippen LogP contribution in [0.25, 0.3) is 0 Å². The van der Waals surface area contributed by atoms with Crippen molar-refractivity contribution in [2.75, 3.05) is 19.8 Å². The number of rotatable bonds is 2. The number of nitrogens with zero attached hydrogens (tertiary/aromatic N) is 1. The summed E-state index contributed by atoms with van der Waals surface area (Å²) in [5, 5.41) is 8.82. The first-order chi connectivity index (χ1) is 4.75. The van der Waals surface area contributed by atoms with Gasteiger partial charge in [-0.25, -0.2) is 0 Å². The van der Waals surface area contributed by atoms with E-state index in [0.717, 1.165) is 13.2 Å². The molecule has 1 rings (SSSR count). The van der Waals surface area contributed by atoms with Gasteiger partial charge in [0.25, 0.3) is 0 Å². The molecule has 0 aromatic heterocycles. The van der Waals surface area contributed by atoms with E-state index in [9.17, 15) is 0 Å². The Bertz CT molecular complexity index is 106. The highest BCUT2D eigenvalue weighted by Gasteiger charge is 2.25. The van der Waals surface area contributed by atoms with Gasteiger partial charge in [-0.15, -0.1) is 0 Å². The summed E-state index contributed by atoms with van der Waals surface area (Å²) in [5.41, 5.74) is 0. The number of aliphatic hydroxyl groups excluding tert-OH is 1. The molecular formula is C7H15NO2. The highest BCUT2D eigenvalue weighted by molar-refractivity contribution is 4.71. The molecule has 1 heterocycles. The fourth-order valence-corrected chi connectivity index (χ4v) is 1.28. The number of hydrogen-bond donors (Lipinski definition) is 1. The maximum Gasteiger partial charge on any atom is 0.134 e. The van der Waals surface area contributed by atoms with Crippen LogP contribution in [0.4, 0.5) is 0 Å². The Morgan fingerprint density at radius 1 is 1.70 bits per heavy atom. The van der Waals surface area contributed by atoms with Crippen molar-refractivity contribution in [2.24, 2.45) is 0 Å². The Kier molecular flexibility index (Phi) is 2.65. The molecule has 60 valence electrons. The molecule has 0 bridgehead atoms. The molecule has 1 aliphatic heterocycles. The van der Waals surface area contributed by atoms with Crippen LogP contribution in [0, 0.1) is 0 Å². The van der Waals surface area contributed by atoms with Gasteiger partial charge in [0.05, 0.1) is 13.2 Å². The second kappa shape index (κ2) is 3.32. The van der Waals surface area contributed by atoms with E-state index >= 15 is 0 Å². The normalized spacial score (nSPS) is 28.2. The molecule has 1 saturated heterocycles. The lowest BCUT2D eigenvalue weighted by molar-refractivity contribution is -0.0208. The van der Waals surface area contributed by atoms with Crippen molar-refractivity contribution in [3.8, 4) is 0 Å². The Morgan fingerprint density at radius 2 is 2.40 bits per heavy atom. The molecule has 0 aromatic carbocycles. The lowest BCUT2D eigenvalue weighted by Gasteiger charge is -2.24. The summed E-state index contributed by atoms with van der Waals surface area (Å²) in [6, 6.07) is 0.472. The molecule has 1 fully saturated rings. The SMILES string of the molecule is CC(C)N1CCOC1CO. The molecule has 0 saturated carbocycles. The van der Waals surface area contributed by atoms with Gasteiger partial charge in [0.1, 0.15) is 6.23 Å². The van der Waals surface area contributed by atoms with Crippen molar-refractivity contribution in [1.82, 2.24) is 4.90 Å². The third-order valence-corrected chi connectivity index (χ3v) is 1.85. The number of aliphatic hydroxyl groups is 1. The summed E-state index contributed by atoms with van der Waals surface area (Å²) < 4.78 is 5.25. The Balaban J connectivity index is 2.42. The van der Waals surface area contributed by atoms with Gasteiger partial charge in [-0.1, -0.05) is 0 Å². The second-order valence-corrected chi connectivity index (χ2v) is 2.84. The smallest absolute Gasteiger partial charge is 0.134 e. The molecule has 1 N–H and O–H groups in total. The highest BCUT2D eigenvalue weighted by Crippen LogP contribution is 2.12. The summed E-state index contributed by atoms with van der Waals surface area (Å²) in [6.07, 6.45) is -0.0556. The summed E-state index contributed by atoms with van der Waals surface area (Å²) in [7, 11) is 0. The second-order valence-electron chi connectivity index (χ2n) is 2.84. The van der Waals surface area contributed by atoms with E-state index in [1.165, 1.54) is 0 Å². The molecule has 1 aliphatic rings. The average molecular weight is 145 g/mol. The summed E-state index contributed by atoms with van der Waals surface area (Å²) in [5.74, 6) is 0. The molecule has 10 heavy (non-hydrogen) atoms. The van der Waals surface area contributed by atoms with Crippen LogP contribution in [-0.4, -0.2) is 42.0 Å². The minimum atomic E-state index is -0.0556. The van der Waals surface area contributed by atoms with Crippen LogP contribution in [0.5, 0.6) is 0 Å². The standard InChI is InChI=1S/C7H15NO2/c1-6(2)8-3-4-10-7(8)5-9/h6-7,9H,3-5H2,1-2H3. The van der Waals surface area contributed by atoms with E-state index in [4.69, 9.17) is 9.84 Å². The van der Waals surface area contributed by atoms with E-state index in [-0.39, 0.29) is 12.8 Å². The van der Waals surface area contributed by atoms with E-state index in [2.05, 4.69) is 18.7 Å². The summed E-state index contributed by atoms with van der Waals surface area (Å²) >= 11 is 0. The molecule has 0 spiro atoms. The zero-order chi connectivity index (χ0) is 7.56. The van der Waals surface area contributed by atoms with Crippen LogP contribution in [-0.2, 0) is 4.74 Å². The van der Waals surface area contributed by atoms with Gasteiger partial charge in [-0.2, -0.15) is 0 Å². The largest absolute Gasteiger partial charge is 0.392 e. The lowest BCUT2D eigenvalue weighted by Crippen LogP contribution is -2.38. The molecule has 0 aliphatic carbocycles. The molecule has 1 unspecified atom stereocenters. The van der Waals surface area contributed by atoms with Crippen molar-refractivity contribution in [3.63, 3.8) is 0 Å². The minimum absolute atomic E-state index is 0.0556. The fourth-order valence-electron chi connectivity index (χ4n) is 1.28. The zero-order valence-electron chi connectivity index (χ0n) is 6.58. The predicted molar refractivity (Wildman–Crippen MR) is 38.7 cm³/mol. The first-order valence-electron chi connectivity index (χ1n) is 3.74. The van der Waals surface area contributed by atoms with Crippen LogP contribution < -0.4 is 0 Å². The molecule has 0 aromatic rings. The minimum Gasteiger partial charge on any atom is -0.392 e. The van der Waals surface area contributed by atoms with Gasteiger partial charge in [0.2, 0.25) is 0 Å². The van der Waals surface area contributed by atoms with Crippen LogP contribution >= 0.6 is 0 Å². The Morgan fingerprint density at radius 3 is 2.80 bits per heavy atom. The zero-order valence-corrected chi connectivity index (χ0v) is 6.58. The number of ether oxygens (including phenoxy) is 1. The van der Waals surface area contributed by atoms with Crippen LogP contribution in [0.2, 0.25) is 0 Å². The molecule has 3 heteroatoms. The molecule has 3 nitrogen and oxygen atoms in total.